The molecule has 1 aliphatic carbocycles. The molecule has 2 heterocycles. The predicted octanol–water partition coefficient (Wildman–Crippen LogP) is 2.93. The zero-order chi connectivity index (χ0) is 13.9. The molecule has 1 saturated carbocycles. The highest BCUT2D eigenvalue weighted by Crippen LogP contribution is 2.21. The van der Waals surface area contributed by atoms with E-state index >= 15 is 0 Å². The maximum Gasteiger partial charge on any atom is 0.122 e. The standard InChI is InChI=1S/C15H21N3OS/c1-11-15(20-10-17-11)9-18(2)8-12-5-6-19-14(12)7-16-13-3-4-13/h5-6,10,13,16H,3-4,7-9H2,1-2H3. The van der Waals surface area contributed by atoms with Gasteiger partial charge in [-0.2, -0.15) is 0 Å². The summed E-state index contributed by atoms with van der Waals surface area (Å²) in [6.45, 7) is 4.77. The molecule has 0 spiro atoms. The maximum absolute atomic E-state index is 5.60. The number of rotatable bonds is 7. The Morgan fingerprint density at radius 3 is 3.00 bits per heavy atom. The fourth-order valence-electron chi connectivity index (χ4n) is 2.26. The van der Waals surface area contributed by atoms with Crippen LogP contribution in [-0.2, 0) is 19.6 Å². The van der Waals surface area contributed by atoms with Crippen molar-refractivity contribution in [2.24, 2.45) is 0 Å². The lowest BCUT2D eigenvalue weighted by atomic mass is 10.2. The van der Waals surface area contributed by atoms with Gasteiger partial charge >= 0.3 is 0 Å². The number of furan rings is 1. The van der Waals surface area contributed by atoms with Crippen molar-refractivity contribution in [1.82, 2.24) is 15.2 Å². The molecule has 1 fully saturated rings. The minimum Gasteiger partial charge on any atom is -0.468 e. The minimum atomic E-state index is 0.713. The van der Waals surface area contributed by atoms with Gasteiger partial charge in [-0.25, -0.2) is 4.98 Å². The normalized spacial score (nSPS) is 15.2. The van der Waals surface area contributed by atoms with Gasteiger partial charge in [-0.05, 0) is 32.9 Å². The molecule has 2 aromatic heterocycles. The van der Waals surface area contributed by atoms with Crippen LogP contribution in [0.4, 0.5) is 0 Å². The molecule has 0 amide bonds. The second-order valence-electron chi connectivity index (χ2n) is 5.56. The molecular weight excluding hydrogens is 270 g/mol. The molecule has 0 aliphatic heterocycles. The lowest BCUT2D eigenvalue weighted by Gasteiger charge is -2.16. The van der Waals surface area contributed by atoms with E-state index in [-0.39, 0.29) is 0 Å². The summed E-state index contributed by atoms with van der Waals surface area (Å²) >= 11 is 1.73. The first-order valence-corrected chi connectivity index (χ1v) is 7.96. The molecule has 3 rings (SSSR count). The van der Waals surface area contributed by atoms with E-state index in [2.05, 4.69) is 35.2 Å². The SMILES string of the molecule is Cc1ncsc1CN(C)Cc1ccoc1CNC1CC1. The number of aryl methyl sites for hydroxylation is 1. The Bertz CT molecular complexity index is 559. The average Bonchev–Trinajstić information content (AvgIpc) is 3.02. The largest absolute Gasteiger partial charge is 0.468 e. The van der Waals surface area contributed by atoms with Crippen molar-refractivity contribution in [3.63, 3.8) is 0 Å². The summed E-state index contributed by atoms with van der Waals surface area (Å²) in [4.78, 5) is 7.96. The van der Waals surface area contributed by atoms with Crippen molar-refractivity contribution in [1.29, 1.82) is 0 Å². The van der Waals surface area contributed by atoms with Crippen LogP contribution < -0.4 is 5.32 Å². The summed E-state index contributed by atoms with van der Waals surface area (Å²) in [5, 5.41) is 3.51. The Morgan fingerprint density at radius 2 is 2.30 bits per heavy atom. The second kappa shape index (κ2) is 6.08. The number of thiazole rings is 1. The van der Waals surface area contributed by atoms with Crippen molar-refractivity contribution < 1.29 is 4.42 Å². The fraction of sp³-hybridized carbons (Fsp3) is 0.533. The third kappa shape index (κ3) is 3.48. The quantitative estimate of drug-likeness (QED) is 0.851. The van der Waals surface area contributed by atoms with Gasteiger partial charge in [-0.3, -0.25) is 4.90 Å². The molecule has 108 valence electrons. The van der Waals surface area contributed by atoms with Gasteiger partial charge < -0.3 is 9.73 Å². The molecule has 2 aromatic rings. The van der Waals surface area contributed by atoms with Crippen molar-refractivity contribution in [2.75, 3.05) is 7.05 Å². The molecule has 20 heavy (non-hydrogen) atoms. The van der Waals surface area contributed by atoms with Crippen LogP contribution >= 0.6 is 11.3 Å². The van der Waals surface area contributed by atoms with Crippen LogP contribution in [0.2, 0.25) is 0 Å². The highest BCUT2D eigenvalue weighted by Gasteiger charge is 2.21. The number of aromatic nitrogens is 1. The van der Waals surface area contributed by atoms with Gasteiger partial charge in [0.05, 0.1) is 24.0 Å². The van der Waals surface area contributed by atoms with Crippen molar-refractivity contribution in [3.05, 3.63) is 39.7 Å². The van der Waals surface area contributed by atoms with E-state index in [9.17, 15) is 0 Å². The highest BCUT2D eigenvalue weighted by molar-refractivity contribution is 7.09. The Morgan fingerprint density at radius 1 is 1.45 bits per heavy atom. The summed E-state index contributed by atoms with van der Waals surface area (Å²) in [5.74, 6) is 1.07. The Kier molecular flexibility index (Phi) is 4.19. The smallest absolute Gasteiger partial charge is 0.122 e. The summed E-state index contributed by atoms with van der Waals surface area (Å²) in [5.41, 5.74) is 4.34. The van der Waals surface area contributed by atoms with E-state index in [1.807, 2.05) is 5.51 Å². The van der Waals surface area contributed by atoms with Gasteiger partial charge in [0, 0.05) is 29.6 Å². The minimum absolute atomic E-state index is 0.713. The summed E-state index contributed by atoms with van der Waals surface area (Å²) in [6, 6.07) is 2.80. The molecular formula is C15H21N3OS. The van der Waals surface area contributed by atoms with Crippen LogP contribution in [-0.4, -0.2) is 23.0 Å². The zero-order valence-corrected chi connectivity index (χ0v) is 12.9. The first-order valence-electron chi connectivity index (χ1n) is 7.08. The van der Waals surface area contributed by atoms with E-state index in [4.69, 9.17) is 4.42 Å². The summed E-state index contributed by atoms with van der Waals surface area (Å²) in [7, 11) is 2.14. The molecule has 1 aliphatic rings. The number of hydrogen-bond donors (Lipinski definition) is 1. The van der Waals surface area contributed by atoms with E-state index in [1.54, 1.807) is 17.6 Å². The molecule has 1 N–H and O–H groups in total. The van der Waals surface area contributed by atoms with Crippen molar-refractivity contribution in [2.45, 2.75) is 45.4 Å². The molecule has 0 unspecified atom stereocenters. The van der Waals surface area contributed by atoms with Crippen LogP contribution in [0.25, 0.3) is 0 Å². The van der Waals surface area contributed by atoms with Gasteiger partial charge in [0.25, 0.3) is 0 Å². The Balaban J connectivity index is 1.56. The first-order chi connectivity index (χ1) is 9.72. The third-order valence-electron chi connectivity index (χ3n) is 3.66. The van der Waals surface area contributed by atoms with E-state index in [0.717, 1.165) is 31.1 Å². The maximum atomic E-state index is 5.60. The second-order valence-corrected chi connectivity index (χ2v) is 6.50. The van der Waals surface area contributed by atoms with Crippen LogP contribution in [0, 0.1) is 6.92 Å². The lowest BCUT2D eigenvalue weighted by molar-refractivity contribution is 0.316. The number of nitrogens with one attached hydrogen (secondary N) is 1. The number of hydrogen-bond acceptors (Lipinski definition) is 5. The third-order valence-corrected chi connectivity index (χ3v) is 4.58. The summed E-state index contributed by atoms with van der Waals surface area (Å²) in [6.07, 6.45) is 4.41. The van der Waals surface area contributed by atoms with E-state index in [0.29, 0.717) is 6.04 Å². The molecule has 0 bridgehead atoms. The van der Waals surface area contributed by atoms with Crippen molar-refractivity contribution in [3.8, 4) is 0 Å². The van der Waals surface area contributed by atoms with Gasteiger partial charge in [0.1, 0.15) is 5.76 Å². The van der Waals surface area contributed by atoms with Crippen molar-refractivity contribution >= 4 is 11.3 Å². The highest BCUT2D eigenvalue weighted by atomic mass is 32.1. The molecule has 0 radical (unpaired) electrons. The molecule has 0 atom stereocenters. The van der Waals surface area contributed by atoms with E-state index < -0.39 is 0 Å². The lowest BCUT2D eigenvalue weighted by Crippen LogP contribution is -2.20. The number of nitrogens with zero attached hydrogens (tertiary/aromatic N) is 2. The Hall–Kier alpha value is -1.17. The molecule has 0 saturated heterocycles. The Labute approximate surface area is 123 Å². The van der Waals surface area contributed by atoms with E-state index in [1.165, 1.54) is 23.3 Å². The average molecular weight is 291 g/mol. The fourth-order valence-corrected chi connectivity index (χ4v) is 3.11. The topological polar surface area (TPSA) is 41.3 Å². The van der Waals surface area contributed by atoms with Gasteiger partial charge in [0.2, 0.25) is 0 Å². The molecule has 4 nitrogen and oxygen atoms in total. The van der Waals surface area contributed by atoms with Gasteiger partial charge in [-0.15, -0.1) is 11.3 Å². The monoisotopic (exact) mass is 291 g/mol. The molecule has 5 heteroatoms. The van der Waals surface area contributed by atoms with Crippen LogP contribution in [0.3, 0.4) is 0 Å². The van der Waals surface area contributed by atoms with Crippen LogP contribution in [0.15, 0.2) is 22.3 Å². The first kappa shape index (κ1) is 13.8. The van der Waals surface area contributed by atoms with Crippen LogP contribution in [0.5, 0.6) is 0 Å². The van der Waals surface area contributed by atoms with Crippen LogP contribution in [0.1, 0.15) is 34.7 Å². The van der Waals surface area contributed by atoms with Gasteiger partial charge in [-0.1, -0.05) is 0 Å². The van der Waals surface area contributed by atoms with Gasteiger partial charge in [0.15, 0.2) is 0 Å². The zero-order valence-electron chi connectivity index (χ0n) is 12.1. The summed E-state index contributed by atoms with van der Waals surface area (Å²) < 4.78 is 5.60. The predicted molar refractivity (Wildman–Crippen MR) is 80.6 cm³/mol. The molecule has 0 aromatic carbocycles.